The van der Waals surface area contributed by atoms with Gasteiger partial charge in [-0.3, -0.25) is 0 Å². The summed E-state index contributed by atoms with van der Waals surface area (Å²) in [5.74, 6) is 1.93. The fraction of sp³-hybridized carbons (Fsp3) is 0.200. The van der Waals surface area contributed by atoms with Gasteiger partial charge in [-0.2, -0.15) is 4.98 Å². The highest BCUT2D eigenvalue weighted by Gasteiger charge is 2.14. The Balaban J connectivity index is 1.70. The Morgan fingerprint density at radius 3 is 2.67 bits per heavy atom. The summed E-state index contributed by atoms with van der Waals surface area (Å²) in [6.45, 7) is 4.07. The van der Waals surface area contributed by atoms with Crippen LogP contribution in [0.5, 0.6) is 0 Å². The van der Waals surface area contributed by atoms with E-state index in [0.29, 0.717) is 17.5 Å². The van der Waals surface area contributed by atoms with Crippen LogP contribution in [-0.4, -0.2) is 10.1 Å². The van der Waals surface area contributed by atoms with E-state index in [0.717, 1.165) is 15.4 Å². The zero-order valence-corrected chi connectivity index (χ0v) is 13.4. The van der Waals surface area contributed by atoms with Gasteiger partial charge < -0.3 is 10.3 Å². The molecule has 6 heteroatoms. The Hall–Kier alpha value is -1.79. The largest absolute Gasteiger partial charge is 0.391 e. The lowest BCUT2D eigenvalue weighted by Crippen LogP contribution is -1.84. The maximum absolute atomic E-state index is 5.79. The highest BCUT2D eigenvalue weighted by atomic mass is 32.2. The normalized spacial score (nSPS) is 11.0. The van der Waals surface area contributed by atoms with Gasteiger partial charge in [0.25, 0.3) is 5.89 Å². The van der Waals surface area contributed by atoms with Crippen molar-refractivity contribution in [1.82, 2.24) is 10.1 Å². The van der Waals surface area contributed by atoms with Crippen LogP contribution in [0.25, 0.3) is 10.8 Å². The molecule has 0 radical (unpaired) electrons. The molecular formula is C15H15N3OS2. The van der Waals surface area contributed by atoms with Gasteiger partial charge in [-0.25, -0.2) is 0 Å². The molecule has 2 aromatic heterocycles. The molecule has 0 aliphatic heterocycles. The summed E-state index contributed by atoms with van der Waals surface area (Å²) in [5.41, 5.74) is 8.12. The molecule has 0 bridgehead atoms. The standard InChI is InChI=1S/C15H15N3OS2/c1-9-3-5-11(6-4-9)20-8-13-17-15(19-18-13)14-10(2)7-12(16)21-14/h3-7H,8,16H2,1-2H3. The molecule has 0 saturated carbocycles. The van der Waals surface area contributed by atoms with E-state index in [4.69, 9.17) is 10.3 Å². The molecule has 0 unspecified atom stereocenters. The average molecular weight is 317 g/mol. The number of nitrogen functional groups attached to an aromatic ring is 1. The van der Waals surface area contributed by atoms with E-state index in [2.05, 4.69) is 41.3 Å². The molecule has 108 valence electrons. The van der Waals surface area contributed by atoms with Crippen LogP contribution in [0, 0.1) is 13.8 Å². The molecule has 0 fully saturated rings. The Labute approximate surface area is 131 Å². The minimum absolute atomic E-state index is 0.550. The van der Waals surface area contributed by atoms with Gasteiger partial charge in [0.15, 0.2) is 5.82 Å². The molecule has 1 aromatic carbocycles. The van der Waals surface area contributed by atoms with Gasteiger partial charge in [-0.05, 0) is 37.6 Å². The molecule has 2 N–H and O–H groups in total. The maximum atomic E-state index is 5.79. The van der Waals surface area contributed by atoms with Gasteiger partial charge >= 0.3 is 0 Å². The fourth-order valence-electron chi connectivity index (χ4n) is 1.91. The molecular weight excluding hydrogens is 302 g/mol. The monoisotopic (exact) mass is 317 g/mol. The maximum Gasteiger partial charge on any atom is 0.268 e. The third kappa shape index (κ3) is 3.28. The molecule has 0 aliphatic rings. The van der Waals surface area contributed by atoms with Crippen LogP contribution in [0.3, 0.4) is 0 Å². The number of hydrogen-bond acceptors (Lipinski definition) is 6. The summed E-state index contributed by atoms with van der Waals surface area (Å²) in [5, 5.41) is 4.79. The summed E-state index contributed by atoms with van der Waals surface area (Å²) >= 11 is 3.17. The van der Waals surface area contributed by atoms with Gasteiger partial charge in [-0.15, -0.1) is 23.1 Å². The molecule has 0 atom stereocenters. The SMILES string of the molecule is Cc1ccc(SCc2noc(-c3sc(N)cc3C)n2)cc1. The predicted molar refractivity (Wildman–Crippen MR) is 87.5 cm³/mol. The Bertz CT molecular complexity index is 747. The highest BCUT2D eigenvalue weighted by molar-refractivity contribution is 7.98. The third-order valence-corrected chi connectivity index (χ3v) is 5.05. The fourth-order valence-corrected chi connectivity index (χ4v) is 3.51. The number of benzene rings is 1. The number of aromatic nitrogens is 2. The summed E-state index contributed by atoms with van der Waals surface area (Å²) in [7, 11) is 0. The van der Waals surface area contributed by atoms with E-state index < -0.39 is 0 Å². The van der Waals surface area contributed by atoms with Crippen LogP contribution >= 0.6 is 23.1 Å². The van der Waals surface area contributed by atoms with Crippen LogP contribution in [-0.2, 0) is 5.75 Å². The molecule has 0 aliphatic carbocycles. The molecule has 4 nitrogen and oxygen atoms in total. The molecule has 2 heterocycles. The Morgan fingerprint density at radius 1 is 1.24 bits per heavy atom. The number of nitrogens with zero attached hydrogens (tertiary/aromatic N) is 2. The van der Waals surface area contributed by atoms with Crippen molar-refractivity contribution >= 4 is 28.1 Å². The number of anilines is 1. The summed E-state index contributed by atoms with van der Waals surface area (Å²) in [6, 6.07) is 10.3. The second-order valence-electron chi connectivity index (χ2n) is 4.78. The second kappa shape index (κ2) is 5.91. The number of thiophene rings is 1. The molecule has 0 saturated heterocycles. The third-order valence-electron chi connectivity index (χ3n) is 2.99. The number of hydrogen-bond donors (Lipinski definition) is 1. The van der Waals surface area contributed by atoms with E-state index >= 15 is 0 Å². The highest BCUT2D eigenvalue weighted by Crippen LogP contribution is 2.33. The smallest absolute Gasteiger partial charge is 0.268 e. The number of thioether (sulfide) groups is 1. The van der Waals surface area contributed by atoms with E-state index in [-0.39, 0.29) is 0 Å². The minimum Gasteiger partial charge on any atom is -0.391 e. The van der Waals surface area contributed by atoms with Crippen LogP contribution in [0.4, 0.5) is 5.00 Å². The van der Waals surface area contributed by atoms with Crippen LogP contribution in [0.1, 0.15) is 17.0 Å². The first-order valence-corrected chi connectivity index (χ1v) is 8.30. The van der Waals surface area contributed by atoms with Gasteiger partial charge in [0.2, 0.25) is 0 Å². The zero-order valence-electron chi connectivity index (χ0n) is 11.8. The quantitative estimate of drug-likeness (QED) is 0.727. The molecule has 3 aromatic rings. The summed E-state index contributed by atoms with van der Waals surface area (Å²) < 4.78 is 5.33. The van der Waals surface area contributed by atoms with Crippen molar-refractivity contribution in [2.45, 2.75) is 24.5 Å². The summed E-state index contributed by atoms with van der Waals surface area (Å²) in [6.07, 6.45) is 0. The summed E-state index contributed by atoms with van der Waals surface area (Å²) in [4.78, 5) is 6.59. The number of aryl methyl sites for hydroxylation is 2. The lowest BCUT2D eigenvalue weighted by atomic mass is 10.2. The zero-order chi connectivity index (χ0) is 14.8. The second-order valence-corrected chi connectivity index (χ2v) is 6.91. The average Bonchev–Trinajstić information content (AvgIpc) is 3.04. The van der Waals surface area contributed by atoms with Crippen molar-refractivity contribution < 1.29 is 4.52 Å². The molecule has 0 amide bonds. The van der Waals surface area contributed by atoms with Crippen molar-refractivity contribution in [3.05, 3.63) is 47.3 Å². The van der Waals surface area contributed by atoms with Gasteiger partial charge in [0.05, 0.1) is 15.6 Å². The topological polar surface area (TPSA) is 64.9 Å². The molecule has 0 spiro atoms. The molecule has 21 heavy (non-hydrogen) atoms. The predicted octanol–water partition coefficient (Wildman–Crippen LogP) is 4.29. The number of nitrogens with two attached hydrogens (primary N) is 1. The van der Waals surface area contributed by atoms with Crippen molar-refractivity contribution in [1.29, 1.82) is 0 Å². The first-order chi connectivity index (χ1) is 10.1. The van der Waals surface area contributed by atoms with Crippen molar-refractivity contribution in [2.24, 2.45) is 0 Å². The van der Waals surface area contributed by atoms with Crippen LogP contribution in [0.15, 0.2) is 39.8 Å². The van der Waals surface area contributed by atoms with E-state index in [1.165, 1.54) is 21.8 Å². The molecule has 3 rings (SSSR count). The van der Waals surface area contributed by atoms with E-state index in [1.807, 2.05) is 13.0 Å². The van der Waals surface area contributed by atoms with Gasteiger partial charge in [-0.1, -0.05) is 22.9 Å². The van der Waals surface area contributed by atoms with Crippen LogP contribution in [0.2, 0.25) is 0 Å². The van der Waals surface area contributed by atoms with Crippen molar-refractivity contribution in [3.63, 3.8) is 0 Å². The van der Waals surface area contributed by atoms with Crippen molar-refractivity contribution in [2.75, 3.05) is 5.73 Å². The van der Waals surface area contributed by atoms with Crippen molar-refractivity contribution in [3.8, 4) is 10.8 Å². The first kappa shape index (κ1) is 14.2. The van der Waals surface area contributed by atoms with Gasteiger partial charge in [0.1, 0.15) is 0 Å². The lowest BCUT2D eigenvalue weighted by Gasteiger charge is -1.98. The lowest BCUT2D eigenvalue weighted by molar-refractivity contribution is 0.426. The van der Waals surface area contributed by atoms with E-state index in [9.17, 15) is 0 Å². The van der Waals surface area contributed by atoms with E-state index in [1.54, 1.807) is 11.8 Å². The van der Waals surface area contributed by atoms with Gasteiger partial charge in [0, 0.05) is 4.90 Å². The van der Waals surface area contributed by atoms with Crippen LogP contribution < -0.4 is 5.73 Å². The Morgan fingerprint density at radius 2 is 2.00 bits per heavy atom. The first-order valence-electron chi connectivity index (χ1n) is 6.50. The minimum atomic E-state index is 0.550. The Kier molecular flexibility index (Phi) is 3.98. The number of rotatable bonds is 4.